The smallest absolute Gasteiger partial charge is 0.344 e. The number of hydrogen-bond acceptors (Lipinski definition) is 2. The van der Waals surface area contributed by atoms with Gasteiger partial charge < -0.3 is 4.74 Å². The summed E-state index contributed by atoms with van der Waals surface area (Å²) >= 11 is 0. The van der Waals surface area contributed by atoms with Crippen LogP contribution < -0.4 is 0 Å². The number of carbonyl (C=O) groups is 1. The predicted molar refractivity (Wildman–Crippen MR) is 49.3 cm³/mol. The number of alkyl halides is 1. The monoisotopic (exact) mass is 194 g/mol. The molecule has 0 bridgehead atoms. The van der Waals surface area contributed by atoms with Gasteiger partial charge in [-0.25, -0.2) is 9.18 Å². The molecule has 2 nitrogen and oxygen atoms in total. The molecule has 1 aromatic carbocycles. The molecule has 1 aromatic rings. The summed E-state index contributed by atoms with van der Waals surface area (Å²) in [6.45, 7) is 0.158. The molecule has 1 aliphatic rings. The third kappa shape index (κ3) is 1.92. The van der Waals surface area contributed by atoms with Gasteiger partial charge in [-0.1, -0.05) is 30.3 Å². The highest BCUT2D eigenvalue weighted by Crippen LogP contribution is 2.40. The minimum Gasteiger partial charge on any atom is -0.458 e. The minimum atomic E-state index is -1.67. The molecule has 1 fully saturated rings. The lowest BCUT2D eigenvalue weighted by molar-refractivity contribution is -0.152. The molecule has 74 valence electrons. The Labute approximate surface area is 81.7 Å². The van der Waals surface area contributed by atoms with Crippen LogP contribution in [-0.4, -0.2) is 11.6 Å². The zero-order valence-electron chi connectivity index (χ0n) is 7.70. The van der Waals surface area contributed by atoms with Gasteiger partial charge in [0.1, 0.15) is 6.61 Å². The van der Waals surface area contributed by atoms with Crippen molar-refractivity contribution in [1.82, 2.24) is 0 Å². The average molecular weight is 194 g/mol. The Morgan fingerprint density at radius 1 is 1.36 bits per heavy atom. The summed E-state index contributed by atoms with van der Waals surface area (Å²) in [6.07, 6.45) is 0.612. The summed E-state index contributed by atoms with van der Waals surface area (Å²) in [5, 5.41) is 0. The number of hydrogen-bond donors (Lipinski definition) is 0. The zero-order chi connectivity index (χ0) is 10.0. The second-order valence-electron chi connectivity index (χ2n) is 3.53. The summed E-state index contributed by atoms with van der Waals surface area (Å²) in [7, 11) is 0. The molecule has 0 unspecified atom stereocenters. The van der Waals surface area contributed by atoms with Crippen LogP contribution in [0.2, 0.25) is 0 Å². The van der Waals surface area contributed by atoms with Gasteiger partial charge in [-0.15, -0.1) is 0 Å². The lowest BCUT2D eigenvalue weighted by atomic mass is 10.2. The standard InChI is InChI=1S/C11H11FO2/c12-11(6-7-11)10(13)14-8-9-4-2-1-3-5-9/h1-5H,6-8H2. The lowest BCUT2D eigenvalue weighted by Gasteiger charge is -2.06. The van der Waals surface area contributed by atoms with Gasteiger partial charge in [0, 0.05) is 0 Å². The van der Waals surface area contributed by atoms with E-state index in [0.29, 0.717) is 12.8 Å². The van der Waals surface area contributed by atoms with E-state index in [4.69, 9.17) is 4.74 Å². The zero-order valence-corrected chi connectivity index (χ0v) is 7.70. The van der Waals surface area contributed by atoms with E-state index in [1.165, 1.54) is 0 Å². The maximum Gasteiger partial charge on any atom is 0.344 e. The van der Waals surface area contributed by atoms with Crippen LogP contribution in [0.1, 0.15) is 18.4 Å². The van der Waals surface area contributed by atoms with Crippen LogP contribution in [0, 0.1) is 0 Å². The molecule has 1 aliphatic carbocycles. The normalized spacial score (nSPS) is 17.5. The van der Waals surface area contributed by atoms with E-state index in [-0.39, 0.29) is 6.61 Å². The fourth-order valence-corrected chi connectivity index (χ4v) is 1.17. The van der Waals surface area contributed by atoms with E-state index in [2.05, 4.69) is 0 Å². The van der Waals surface area contributed by atoms with Crippen LogP contribution in [0.4, 0.5) is 4.39 Å². The Balaban J connectivity index is 1.86. The van der Waals surface area contributed by atoms with Gasteiger partial charge in [-0.05, 0) is 18.4 Å². The van der Waals surface area contributed by atoms with Gasteiger partial charge in [0.15, 0.2) is 0 Å². The van der Waals surface area contributed by atoms with E-state index < -0.39 is 11.6 Å². The van der Waals surface area contributed by atoms with Gasteiger partial charge in [-0.2, -0.15) is 0 Å². The molecule has 0 spiro atoms. The first-order valence-corrected chi connectivity index (χ1v) is 4.61. The van der Waals surface area contributed by atoms with E-state index in [0.717, 1.165) is 5.56 Å². The van der Waals surface area contributed by atoms with Gasteiger partial charge in [0.2, 0.25) is 5.67 Å². The highest BCUT2D eigenvalue weighted by atomic mass is 19.1. The Kier molecular flexibility index (Phi) is 2.23. The largest absolute Gasteiger partial charge is 0.458 e. The van der Waals surface area contributed by atoms with Crippen LogP contribution in [0.5, 0.6) is 0 Å². The SMILES string of the molecule is O=C(OCc1ccccc1)C1(F)CC1. The average Bonchev–Trinajstić information content (AvgIpc) is 2.96. The van der Waals surface area contributed by atoms with Crippen molar-refractivity contribution >= 4 is 5.97 Å². The number of ether oxygens (including phenoxy) is 1. The molecule has 0 atom stereocenters. The van der Waals surface area contributed by atoms with E-state index in [9.17, 15) is 9.18 Å². The van der Waals surface area contributed by atoms with Crippen molar-refractivity contribution in [2.45, 2.75) is 25.1 Å². The second-order valence-corrected chi connectivity index (χ2v) is 3.53. The van der Waals surface area contributed by atoms with Crippen molar-refractivity contribution in [2.24, 2.45) is 0 Å². The number of esters is 1. The number of rotatable bonds is 3. The van der Waals surface area contributed by atoms with Crippen molar-refractivity contribution in [3.8, 4) is 0 Å². The molecule has 14 heavy (non-hydrogen) atoms. The first-order valence-electron chi connectivity index (χ1n) is 4.61. The molecule has 2 rings (SSSR count). The van der Waals surface area contributed by atoms with E-state index in [1.54, 1.807) is 0 Å². The maximum atomic E-state index is 13.1. The Morgan fingerprint density at radius 3 is 2.57 bits per heavy atom. The summed E-state index contributed by atoms with van der Waals surface area (Å²) in [4.78, 5) is 11.1. The third-order valence-electron chi connectivity index (χ3n) is 2.27. The Morgan fingerprint density at radius 2 is 2.00 bits per heavy atom. The van der Waals surface area contributed by atoms with Gasteiger partial charge >= 0.3 is 5.97 Å². The minimum absolute atomic E-state index is 0.158. The molecule has 0 amide bonds. The Bertz CT molecular complexity index is 330. The number of carbonyl (C=O) groups excluding carboxylic acids is 1. The van der Waals surface area contributed by atoms with Crippen molar-refractivity contribution in [3.05, 3.63) is 35.9 Å². The molecular weight excluding hydrogens is 183 g/mol. The quantitative estimate of drug-likeness (QED) is 0.690. The van der Waals surface area contributed by atoms with Crippen molar-refractivity contribution in [3.63, 3.8) is 0 Å². The maximum absolute atomic E-state index is 13.1. The third-order valence-corrected chi connectivity index (χ3v) is 2.27. The summed E-state index contributed by atoms with van der Waals surface area (Å²) in [6, 6.07) is 9.26. The van der Waals surface area contributed by atoms with Gasteiger partial charge in [0.25, 0.3) is 0 Å². The summed E-state index contributed by atoms with van der Waals surface area (Å²) in [5.74, 6) is -0.721. The van der Waals surface area contributed by atoms with Crippen molar-refractivity contribution in [1.29, 1.82) is 0 Å². The Hall–Kier alpha value is -1.38. The van der Waals surface area contributed by atoms with Crippen LogP contribution in [0.15, 0.2) is 30.3 Å². The molecule has 0 saturated heterocycles. The summed E-state index contributed by atoms with van der Waals surface area (Å²) < 4.78 is 18.0. The van der Waals surface area contributed by atoms with E-state index >= 15 is 0 Å². The van der Waals surface area contributed by atoms with Crippen LogP contribution >= 0.6 is 0 Å². The molecule has 0 N–H and O–H groups in total. The molecule has 1 saturated carbocycles. The molecule has 0 heterocycles. The molecule has 0 aliphatic heterocycles. The van der Waals surface area contributed by atoms with Gasteiger partial charge in [-0.3, -0.25) is 0 Å². The molecular formula is C11H11FO2. The fourth-order valence-electron chi connectivity index (χ4n) is 1.17. The lowest BCUT2D eigenvalue weighted by Crippen LogP contribution is -2.19. The highest BCUT2D eigenvalue weighted by Gasteiger charge is 2.52. The van der Waals surface area contributed by atoms with Crippen LogP contribution in [-0.2, 0) is 16.1 Å². The molecule has 0 radical (unpaired) electrons. The first-order chi connectivity index (χ1) is 6.71. The molecule has 0 aromatic heterocycles. The number of benzene rings is 1. The number of halogens is 1. The topological polar surface area (TPSA) is 26.3 Å². The van der Waals surface area contributed by atoms with Gasteiger partial charge in [0.05, 0.1) is 0 Å². The predicted octanol–water partition coefficient (Wildman–Crippen LogP) is 2.23. The summed E-state index contributed by atoms with van der Waals surface area (Å²) in [5.41, 5.74) is -0.792. The first kappa shape index (κ1) is 9.19. The van der Waals surface area contributed by atoms with Crippen molar-refractivity contribution in [2.75, 3.05) is 0 Å². The van der Waals surface area contributed by atoms with Crippen LogP contribution in [0.25, 0.3) is 0 Å². The molecule has 3 heteroatoms. The van der Waals surface area contributed by atoms with Crippen molar-refractivity contribution < 1.29 is 13.9 Å². The van der Waals surface area contributed by atoms with Crippen LogP contribution in [0.3, 0.4) is 0 Å². The fraction of sp³-hybridized carbons (Fsp3) is 0.364. The second kappa shape index (κ2) is 3.40. The van der Waals surface area contributed by atoms with E-state index in [1.807, 2.05) is 30.3 Å². The highest BCUT2D eigenvalue weighted by molar-refractivity contribution is 5.82.